The maximum Gasteiger partial charge on any atom is 0.335 e. The maximum absolute atomic E-state index is 10.8. The van der Waals surface area contributed by atoms with Crippen LogP contribution in [0.5, 0.6) is 5.75 Å². The van der Waals surface area contributed by atoms with E-state index in [1.54, 1.807) is 6.07 Å². The fourth-order valence-electron chi connectivity index (χ4n) is 2.06. The number of benzene rings is 2. The number of carboxylic acid groups (broad SMARTS) is 1. The van der Waals surface area contributed by atoms with Crippen molar-refractivity contribution in [1.29, 1.82) is 0 Å². The van der Waals surface area contributed by atoms with Gasteiger partial charge in [-0.1, -0.05) is 40.9 Å². The van der Waals surface area contributed by atoms with Crippen molar-refractivity contribution in [2.75, 3.05) is 0 Å². The van der Waals surface area contributed by atoms with Gasteiger partial charge >= 0.3 is 5.97 Å². The molecule has 0 saturated heterocycles. The van der Waals surface area contributed by atoms with Crippen LogP contribution in [0, 0.1) is 13.8 Å². The molecule has 0 heterocycles. The van der Waals surface area contributed by atoms with Gasteiger partial charge in [0.15, 0.2) is 0 Å². The van der Waals surface area contributed by atoms with Gasteiger partial charge < -0.3 is 9.84 Å². The van der Waals surface area contributed by atoms with Crippen molar-refractivity contribution in [1.82, 2.24) is 0 Å². The van der Waals surface area contributed by atoms with Gasteiger partial charge in [-0.25, -0.2) is 4.79 Å². The Balaban J connectivity index is 2.12. The van der Waals surface area contributed by atoms with Gasteiger partial charge in [0.1, 0.15) is 12.4 Å². The first kappa shape index (κ1) is 14.4. The van der Waals surface area contributed by atoms with Crippen LogP contribution < -0.4 is 4.74 Å². The molecule has 2 rings (SSSR count). The van der Waals surface area contributed by atoms with Crippen molar-refractivity contribution in [3.63, 3.8) is 0 Å². The van der Waals surface area contributed by atoms with Crippen LogP contribution in [-0.2, 0) is 6.61 Å². The molecular formula is C16H15ClO3. The van der Waals surface area contributed by atoms with Gasteiger partial charge in [-0.3, -0.25) is 0 Å². The Morgan fingerprint density at radius 3 is 2.35 bits per heavy atom. The Morgan fingerprint density at radius 2 is 1.80 bits per heavy atom. The summed E-state index contributed by atoms with van der Waals surface area (Å²) in [6.07, 6.45) is 0. The van der Waals surface area contributed by atoms with Gasteiger partial charge in [0.25, 0.3) is 0 Å². The average molecular weight is 291 g/mol. The number of halogens is 1. The van der Waals surface area contributed by atoms with Crippen molar-refractivity contribution in [3.8, 4) is 5.75 Å². The summed E-state index contributed by atoms with van der Waals surface area (Å²) in [6, 6.07) is 10.6. The summed E-state index contributed by atoms with van der Waals surface area (Å²) in [7, 11) is 0. The van der Waals surface area contributed by atoms with Crippen molar-refractivity contribution in [2.45, 2.75) is 20.5 Å². The molecule has 0 aliphatic heterocycles. The van der Waals surface area contributed by atoms with E-state index in [1.807, 2.05) is 26.0 Å². The number of hydrogen-bond acceptors (Lipinski definition) is 2. The summed E-state index contributed by atoms with van der Waals surface area (Å²) in [4.78, 5) is 10.8. The van der Waals surface area contributed by atoms with Crippen LogP contribution in [0.2, 0.25) is 5.02 Å². The lowest BCUT2D eigenvalue weighted by molar-refractivity contribution is 0.0697. The summed E-state index contributed by atoms with van der Waals surface area (Å²) >= 11 is 6.01. The summed E-state index contributed by atoms with van der Waals surface area (Å²) in [5.41, 5.74) is 3.56. The van der Waals surface area contributed by atoms with Crippen LogP contribution in [-0.4, -0.2) is 11.1 Å². The lowest BCUT2D eigenvalue weighted by atomic mass is 10.1. The van der Waals surface area contributed by atoms with E-state index >= 15 is 0 Å². The first-order valence-electron chi connectivity index (χ1n) is 6.18. The molecule has 0 aliphatic rings. The molecule has 0 bridgehead atoms. The van der Waals surface area contributed by atoms with Crippen LogP contribution in [0.1, 0.15) is 27.0 Å². The van der Waals surface area contributed by atoms with Crippen molar-refractivity contribution < 1.29 is 14.6 Å². The van der Waals surface area contributed by atoms with E-state index in [0.717, 1.165) is 5.56 Å². The quantitative estimate of drug-likeness (QED) is 0.916. The predicted molar refractivity (Wildman–Crippen MR) is 78.7 cm³/mol. The number of carboxylic acids is 1. The van der Waals surface area contributed by atoms with Crippen LogP contribution in [0.4, 0.5) is 0 Å². The lowest BCUT2D eigenvalue weighted by Crippen LogP contribution is -1.99. The van der Waals surface area contributed by atoms with Crippen LogP contribution in [0.25, 0.3) is 0 Å². The molecule has 20 heavy (non-hydrogen) atoms. The zero-order valence-electron chi connectivity index (χ0n) is 11.3. The minimum absolute atomic E-state index is 0.147. The molecule has 0 aliphatic carbocycles. The summed E-state index contributed by atoms with van der Waals surface area (Å²) in [5.74, 6) is -0.524. The highest BCUT2D eigenvalue weighted by Crippen LogP contribution is 2.26. The highest BCUT2D eigenvalue weighted by molar-refractivity contribution is 6.32. The van der Waals surface area contributed by atoms with Crippen molar-refractivity contribution in [2.24, 2.45) is 0 Å². The number of carbonyl (C=O) groups is 1. The molecule has 0 saturated carbocycles. The second kappa shape index (κ2) is 5.97. The molecular weight excluding hydrogens is 276 g/mol. The monoisotopic (exact) mass is 290 g/mol. The van der Waals surface area contributed by atoms with E-state index in [-0.39, 0.29) is 5.56 Å². The van der Waals surface area contributed by atoms with Crippen molar-refractivity contribution in [3.05, 3.63) is 63.7 Å². The molecule has 0 atom stereocenters. The van der Waals surface area contributed by atoms with Gasteiger partial charge in [-0.05, 0) is 37.6 Å². The second-order valence-corrected chi connectivity index (χ2v) is 5.14. The molecule has 4 heteroatoms. The van der Waals surface area contributed by atoms with Crippen molar-refractivity contribution >= 4 is 17.6 Å². The Labute approximate surface area is 122 Å². The zero-order valence-corrected chi connectivity index (χ0v) is 12.1. The fraction of sp³-hybridized carbons (Fsp3) is 0.188. The number of hydrogen-bond donors (Lipinski definition) is 1. The van der Waals surface area contributed by atoms with E-state index in [1.165, 1.54) is 23.3 Å². The lowest BCUT2D eigenvalue weighted by Gasteiger charge is -2.10. The predicted octanol–water partition coefficient (Wildman–Crippen LogP) is 4.23. The third-order valence-electron chi connectivity index (χ3n) is 2.85. The van der Waals surface area contributed by atoms with Gasteiger partial charge in [-0.15, -0.1) is 0 Å². The summed E-state index contributed by atoms with van der Waals surface area (Å²) < 4.78 is 5.64. The Kier molecular flexibility index (Phi) is 4.30. The second-order valence-electron chi connectivity index (χ2n) is 4.73. The van der Waals surface area contributed by atoms with Gasteiger partial charge in [0.2, 0.25) is 0 Å². The van der Waals surface area contributed by atoms with Crippen LogP contribution in [0.3, 0.4) is 0 Å². The minimum atomic E-state index is -1.01. The molecule has 2 aromatic carbocycles. The van der Waals surface area contributed by atoms with Gasteiger partial charge in [0, 0.05) is 0 Å². The van der Waals surface area contributed by atoms with E-state index in [9.17, 15) is 4.79 Å². The largest absolute Gasteiger partial charge is 0.487 e. The Hall–Kier alpha value is -2.00. The molecule has 1 N–H and O–H groups in total. The molecule has 104 valence electrons. The van der Waals surface area contributed by atoms with Gasteiger partial charge in [0.05, 0.1) is 10.6 Å². The third kappa shape index (κ3) is 3.52. The number of rotatable bonds is 4. The standard InChI is InChI=1S/C16H15ClO3/c1-10-5-11(2)7-12(6-10)9-20-15-4-3-13(16(18)19)8-14(15)17/h3-8H,9H2,1-2H3,(H,18,19). The molecule has 2 aromatic rings. The molecule has 0 aromatic heterocycles. The smallest absolute Gasteiger partial charge is 0.335 e. The first-order valence-corrected chi connectivity index (χ1v) is 6.56. The average Bonchev–Trinajstić information content (AvgIpc) is 2.36. The minimum Gasteiger partial charge on any atom is -0.487 e. The maximum atomic E-state index is 10.8. The summed E-state index contributed by atoms with van der Waals surface area (Å²) in [6.45, 7) is 4.46. The van der Waals surface area contributed by atoms with E-state index < -0.39 is 5.97 Å². The first-order chi connectivity index (χ1) is 9.45. The van der Waals surface area contributed by atoms with Crippen LogP contribution >= 0.6 is 11.6 Å². The Bertz CT molecular complexity index is 630. The SMILES string of the molecule is Cc1cc(C)cc(COc2ccc(C(=O)O)cc2Cl)c1. The molecule has 0 radical (unpaired) electrons. The fourth-order valence-corrected chi connectivity index (χ4v) is 2.30. The number of aryl methyl sites for hydroxylation is 2. The zero-order chi connectivity index (χ0) is 14.7. The highest BCUT2D eigenvalue weighted by Gasteiger charge is 2.08. The van der Waals surface area contributed by atoms with E-state index in [0.29, 0.717) is 17.4 Å². The molecule has 0 spiro atoms. The molecule has 0 unspecified atom stereocenters. The van der Waals surface area contributed by atoms with E-state index in [4.69, 9.17) is 21.4 Å². The van der Waals surface area contributed by atoms with Gasteiger partial charge in [-0.2, -0.15) is 0 Å². The highest BCUT2D eigenvalue weighted by atomic mass is 35.5. The molecule has 3 nitrogen and oxygen atoms in total. The number of aromatic carboxylic acids is 1. The number of ether oxygens (including phenoxy) is 1. The molecule has 0 amide bonds. The summed E-state index contributed by atoms with van der Waals surface area (Å²) in [5, 5.41) is 9.17. The topological polar surface area (TPSA) is 46.5 Å². The Morgan fingerprint density at radius 1 is 1.15 bits per heavy atom. The molecule has 0 fully saturated rings. The van der Waals surface area contributed by atoms with E-state index in [2.05, 4.69) is 6.07 Å². The van der Waals surface area contributed by atoms with Crippen LogP contribution in [0.15, 0.2) is 36.4 Å². The normalized spacial score (nSPS) is 10.3. The third-order valence-corrected chi connectivity index (χ3v) is 3.15.